The minimum atomic E-state index is -0.595. The number of nitrogens with one attached hydrogen (secondary N) is 1. The average Bonchev–Trinajstić information content (AvgIpc) is 2.91. The monoisotopic (exact) mass is 493 g/mol. The maximum absolute atomic E-state index is 13.3. The smallest absolute Gasteiger partial charge is 0.308 e. The summed E-state index contributed by atoms with van der Waals surface area (Å²) in [5.74, 6) is 0.0133. The maximum atomic E-state index is 13.3. The van der Waals surface area contributed by atoms with E-state index in [-0.39, 0.29) is 28.9 Å². The van der Waals surface area contributed by atoms with Crippen molar-refractivity contribution in [1.29, 1.82) is 0 Å². The number of hydrogen-bond donors (Lipinski definition) is 1. The summed E-state index contributed by atoms with van der Waals surface area (Å²) >= 11 is 6.38. The second-order valence-electron chi connectivity index (χ2n) is 8.59. The Hall–Kier alpha value is -3.45. The topological polar surface area (TPSA) is 90.4 Å². The molecule has 35 heavy (non-hydrogen) atoms. The van der Waals surface area contributed by atoms with Crippen molar-refractivity contribution < 1.29 is 19.1 Å². The van der Waals surface area contributed by atoms with E-state index >= 15 is 0 Å². The number of nitrogens with zero attached hydrogens (tertiary/aromatic N) is 2. The highest BCUT2D eigenvalue weighted by molar-refractivity contribution is 6.30. The molecule has 1 saturated carbocycles. The van der Waals surface area contributed by atoms with Crippen LogP contribution in [0.25, 0.3) is 0 Å². The zero-order valence-corrected chi connectivity index (χ0v) is 20.3. The molecule has 1 amide bonds. The predicted molar refractivity (Wildman–Crippen MR) is 132 cm³/mol. The fourth-order valence-electron chi connectivity index (χ4n) is 4.38. The minimum absolute atomic E-state index is 0.101. The molecular weight excluding hydrogens is 466 g/mol. The SMILES string of the molecule is COC(=O)C1CCC(C(=O)NC(c2cccc(OCc3ccccc3)c2)c2nccnc2Cl)CC1. The van der Waals surface area contributed by atoms with Crippen LogP contribution in [-0.4, -0.2) is 29.0 Å². The van der Waals surface area contributed by atoms with E-state index in [0.717, 1.165) is 11.1 Å². The molecule has 1 fully saturated rings. The molecule has 0 spiro atoms. The molecule has 1 aromatic heterocycles. The third-order valence-corrected chi connectivity index (χ3v) is 6.60. The second kappa shape index (κ2) is 11.8. The van der Waals surface area contributed by atoms with Gasteiger partial charge in [-0.15, -0.1) is 0 Å². The van der Waals surface area contributed by atoms with Crippen LogP contribution in [0, 0.1) is 11.8 Å². The summed E-state index contributed by atoms with van der Waals surface area (Å²) in [6.45, 7) is 0.427. The van der Waals surface area contributed by atoms with Gasteiger partial charge >= 0.3 is 5.97 Å². The highest BCUT2D eigenvalue weighted by Gasteiger charge is 2.32. The molecule has 8 heteroatoms. The summed E-state index contributed by atoms with van der Waals surface area (Å²) < 4.78 is 10.8. The maximum Gasteiger partial charge on any atom is 0.308 e. The number of benzene rings is 2. The first-order valence-corrected chi connectivity index (χ1v) is 12.0. The van der Waals surface area contributed by atoms with E-state index in [0.29, 0.717) is 43.7 Å². The van der Waals surface area contributed by atoms with Gasteiger partial charge in [-0.1, -0.05) is 54.1 Å². The van der Waals surface area contributed by atoms with Crippen LogP contribution in [0.15, 0.2) is 67.0 Å². The lowest BCUT2D eigenvalue weighted by Crippen LogP contribution is -2.37. The van der Waals surface area contributed by atoms with Crippen LogP contribution in [0.1, 0.15) is 48.5 Å². The first kappa shape index (κ1) is 24.7. The van der Waals surface area contributed by atoms with Crippen LogP contribution in [0.4, 0.5) is 0 Å². The molecule has 1 unspecified atom stereocenters. The Morgan fingerprint density at radius 3 is 2.43 bits per heavy atom. The van der Waals surface area contributed by atoms with Crippen molar-refractivity contribution in [2.75, 3.05) is 7.11 Å². The number of rotatable bonds is 8. The van der Waals surface area contributed by atoms with E-state index in [4.69, 9.17) is 21.1 Å². The van der Waals surface area contributed by atoms with Gasteiger partial charge in [-0.05, 0) is 48.9 Å². The standard InChI is InChI=1S/C27H28ClN3O4/c1-34-27(33)20-12-10-19(11-13-20)26(32)31-23(24-25(28)30-15-14-29-24)21-8-5-9-22(16-21)35-17-18-6-3-2-4-7-18/h2-9,14-16,19-20,23H,10-13,17H2,1H3,(H,31,32). The zero-order valence-electron chi connectivity index (χ0n) is 19.5. The van der Waals surface area contributed by atoms with Gasteiger partial charge in [0, 0.05) is 18.3 Å². The first-order chi connectivity index (χ1) is 17.0. The van der Waals surface area contributed by atoms with Crippen molar-refractivity contribution in [2.45, 2.75) is 38.3 Å². The number of methoxy groups -OCH3 is 1. The lowest BCUT2D eigenvalue weighted by atomic mass is 9.81. The third-order valence-electron chi connectivity index (χ3n) is 6.31. The summed E-state index contributed by atoms with van der Waals surface area (Å²) in [6, 6.07) is 16.8. The molecule has 2 aromatic carbocycles. The van der Waals surface area contributed by atoms with Gasteiger partial charge < -0.3 is 14.8 Å². The molecule has 3 aromatic rings. The summed E-state index contributed by atoms with van der Waals surface area (Å²) in [5, 5.41) is 3.35. The van der Waals surface area contributed by atoms with Crippen molar-refractivity contribution >= 4 is 23.5 Å². The summed E-state index contributed by atoms with van der Waals surface area (Å²) in [4.78, 5) is 33.7. The molecule has 4 rings (SSSR count). The highest BCUT2D eigenvalue weighted by atomic mass is 35.5. The number of amides is 1. The van der Waals surface area contributed by atoms with Gasteiger partial charge in [0.05, 0.1) is 19.1 Å². The van der Waals surface area contributed by atoms with Crippen LogP contribution in [0.5, 0.6) is 5.75 Å². The fourth-order valence-corrected chi connectivity index (χ4v) is 4.59. The molecule has 1 atom stereocenters. The number of aromatic nitrogens is 2. The second-order valence-corrected chi connectivity index (χ2v) is 8.95. The average molecular weight is 494 g/mol. The number of halogens is 1. The van der Waals surface area contributed by atoms with Crippen molar-refractivity contribution in [3.8, 4) is 5.75 Å². The van der Waals surface area contributed by atoms with Gasteiger partial charge in [-0.2, -0.15) is 0 Å². The number of esters is 1. The molecule has 0 aliphatic heterocycles. The molecule has 182 valence electrons. The summed E-state index contributed by atoms with van der Waals surface area (Å²) in [7, 11) is 1.40. The molecule has 0 radical (unpaired) electrons. The van der Waals surface area contributed by atoms with Crippen LogP contribution >= 0.6 is 11.6 Å². The van der Waals surface area contributed by atoms with E-state index in [2.05, 4.69) is 15.3 Å². The number of carbonyl (C=O) groups excluding carboxylic acids is 2. The normalized spacial score (nSPS) is 18.3. The van der Waals surface area contributed by atoms with Gasteiger partial charge in [-0.3, -0.25) is 14.6 Å². The lowest BCUT2D eigenvalue weighted by Gasteiger charge is -2.28. The van der Waals surface area contributed by atoms with Crippen molar-refractivity contribution in [3.05, 3.63) is 89.0 Å². The van der Waals surface area contributed by atoms with Crippen LogP contribution in [0.3, 0.4) is 0 Å². The minimum Gasteiger partial charge on any atom is -0.489 e. The Morgan fingerprint density at radius 1 is 1.00 bits per heavy atom. The number of hydrogen-bond acceptors (Lipinski definition) is 6. The van der Waals surface area contributed by atoms with Crippen molar-refractivity contribution in [2.24, 2.45) is 11.8 Å². The Bertz CT molecular complexity index is 1150. The molecule has 1 N–H and O–H groups in total. The van der Waals surface area contributed by atoms with Crippen LogP contribution in [-0.2, 0) is 20.9 Å². The first-order valence-electron chi connectivity index (χ1n) is 11.7. The quantitative estimate of drug-likeness (QED) is 0.449. The van der Waals surface area contributed by atoms with E-state index in [9.17, 15) is 9.59 Å². The molecule has 1 heterocycles. The van der Waals surface area contributed by atoms with Crippen molar-refractivity contribution in [1.82, 2.24) is 15.3 Å². The van der Waals surface area contributed by atoms with Crippen LogP contribution in [0.2, 0.25) is 5.15 Å². The van der Waals surface area contributed by atoms with Crippen LogP contribution < -0.4 is 10.1 Å². The van der Waals surface area contributed by atoms with E-state index in [1.54, 1.807) is 6.20 Å². The van der Waals surface area contributed by atoms with Gasteiger partial charge in [-0.25, -0.2) is 4.98 Å². The molecule has 0 saturated heterocycles. The molecule has 1 aliphatic carbocycles. The molecule has 0 bridgehead atoms. The third kappa shape index (κ3) is 6.36. The largest absolute Gasteiger partial charge is 0.489 e. The zero-order chi connectivity index (χ0) is 24.6. The van der Waals surface area contributed by atoms with E-state index in [1.807, 2.05) is 54.6 Å². The van der Waals surface area contributed by atoms with Gasteiger partial charge in [0.2, 0.25) is 5.91 Å². The van der Waals surface area contributed by atoms with E-state index in [1.165, 1.54) is 13.3 Å². The number of carbonyl (C=O) groups is 2. The molecular formula is C27H28ClN3O4. The Balaban J connectivity index is 1.51. The fraction of sp³-hybridized carbons (Fsp3) is 0.333. The van der Waals surface area contributed by atoms with Crippen molar-refractivity contribution in [3.63, 3.8) is 0 Å². The van der Waals surface area contributed by atoms with E-state index < -0.39 is 6.04 Å². The summed E-state index contributed by atoms with van der Waals surface area (Å²) in [6.07, 6.45) is 5.56. The number of ether oxygens (including phenoxy) is 2. The Labute approximate surface area is 209 Å². The molecule has 7 nitrogen and oxygen atoms in total. The van der Waals surface area contributed by atoms with Gasteiger partial charge in [0.25, 0.3) is 0 Å². The highest BCUT2D eigenvalue weighted by Crippen LogP contribution is 2.32. The van der Waals surface area contributed by atoms with Gasteiger partial charge in [0.1, 0.15) is 18.1 Å². The lowest BCUT2D eigenvalue weighted by molar-refractivity contribution is -0.147. The molecule has 1 aliphatic rings. The Kier molecular flexibility index (Phi) is 8.32. The Morgan fingerprint density at radius 2 is 1.71 bits per heavy atom. The predicted octanol–water partition coefficient (Wildman–Crippen LogP) is 4.89. The summed E-state index contributed by atoms with van der Waals surface area (Å²) in [5.41, 5.74) is 2.31. The van der Waals surface area contributed by atoms with Gasteiger partial charge in [0.15, 0.2) is 5.15 Å².